The molecule has 7 nitrogen and oxygen atoms in total. The number of Topliss-reactive ketones (excluding diaryl/α,β-unsaturated/α-hetero) is 1. The highest BCUT2D eigenvalue weighted by Gasteiger charge is 2.32. The molecule has 0 radical (unpaired) electrons. The number of nitrogens with zero attached hydrogens (tertiary/aromatic N) is 2. The Kier molecular flexibility index (Phi) is 5.07. The number of nitro benzene ring substituents is 1. The van der Waals surface area contributed by atoms with E-state index in [0.29, 0.717) is 34.9 Å². The predicted octanol–water partition coefficient (Wildman–Crippen LogP) is 4.15. The number of hydrogen-bond acceptors (Lipinski definition) is 6. The summed E-state index contributed by atoms with van der Waals surface area (Å²) in [5.74, 6) is 0.880. The number of piperidine rings is 1. The Morgan fingerprint density at radius 1 is 1.34 bits per heavy atom. The quantitative estimate of drug-likeness (QED) is 0.476. The van der Waals surface area contributed by atoms with Crippen LogP contribution >= 0.6 is 0 Å². The fourth-order valence-electron chi connectivity index (χ4n) is 3.98. The van der Waals surface area contributed by atoms with Crippen molar-refractivity contribution < 1.29 is 19.6 Å². The third-order valence-corrected chi connectivity index (χ3v) is 5.42. The number of aromatic hydroxyl groups is 1. The predicted molar refractivity (Wildman–Crippen MR) is 108 cm³/mol. The number of ketones is 1. The lowest BCUT2D eigenvalue weighted by molar-refractivity contribution is -0.384. The standard InChI is InChI=1S/C22H22N2O5/c1-14-4-3-9-23(12-14)13-18-19(25)8-7-17-21(26)20(29-22(17)18)11-15-5-2-6-16(10-15)24(27)28/h2,5-8,10-11,14,25H,3-4,9,12-13H2,1H3. The van der Waals surface area contributed by atoms with Crippen LogP contribution in [-0.2, 0) is 6.54 Å². The van der Waals surface area contributed by atoms with Crippen LogP contribution in [0.15, 0.2) is 42.2 Å². The number of likely N-dealkylation sites (tertiary alicyclic amines) is 1. The Labute approximate surface area is 168 Å². The summed E-state index contributed by atoms with van der Waals surface area (Å²) in [4.78, 5) is 25.6. The van der Waals surface area contributed by atoms with Gasteiger partial charge in [-0.2, -0.15) is 0 Å². The summed E-state index contributed by atoms with van der Waals surface area (Å²) in [5.41, 5.74) is 1.46. The van der Waals surface area contributed by atoms with Gasteiger partial charge in [0.1, 0.15) is 11.5 Å². The number of fused-ring (bicyclic) bond motifs is 1. The number of carbonyl (C=O) groups is 1. The Morgan fingerprint density at radius 2 is 2.17 bits per heavy atom. The van der Waals surface area contributed by atoms with Gasteiger partial charge >= 0.3 is 0 Å². The molecular weight excluding hydrogens is 372 g/mol. The second-order valence-corrected chi connectivity index (χ2v) is 7.71. The van der Waals surface area contributed by atoms with E-state index in [1.807, 2.05) is 0 Å². The zero-order valence-electron chi connectivity index (χ0n) is 16.1. The fraction of sp³-hybridized carbons (Fsp3) is 0.318. The maximum atomic E-state index is 12.8. The van der Waals surface area contributed by atoms with Crippen molar-refractivity contribution in [2.75, 3.05) is 13.1 Å². The Morgan fingerprint density at radius 3 is 2.93 bits per heavy atom. The largest absolute Gasteiger partial charge is 0.507 e. The number of benzene rings is 2. The van der Waals surface area contributed by atoms with Crippen molar-refractivity contribution in [3.05, 3.63) is 69.0 Å². The Hall–Kier alpha value is -3.19. The second-order valence-electron chi connectivity index (χ2n) is 7.71. The van der Waals surface area contributed by atoms with E-state index in [1.165, 1.54) is 30.7 Å². The van der Waals surface area contributed by atoms with Crippen LogP contribution in [0.25, 0.3) is 6.08 Å². The number of non-ortho nitro benzene ring substituents is 1. The van der Waals surface area contributed by atoms with Gasteiger partial charge in [0.2, 0.25) is 5.78 Å². The molecule has 2 aliphatic heterocycles. The fourth-order valence-corrected chi connectivity index (χ4v) is 3.98. The van der Waals surface area contributed by atoms with Gasteiger partial charge in [-0.3, -0.25) is 19.8 Å². The summed E-state index contributed by atoms with van der Waals surface area (Å²) in [6.07, 6.45) is 3.80. The summed E-state index contributed by atoms with van der Waals surface area (Å²) < 4.78 is 5.86. The van der Waals surface area contributed by atoms with Crippen molar-refractivity contribution in [2.24, 2.45) is 5.92 Å². The molecule has 1 N–H and O–H groups in total. The van der Waals surface area contributed by atoms with Gasteiger partial charge in [0.15, 0.2) is 5.76 Å². The van der Waals surface area contributed by atoms with Crippen LogP contribution in [0, 0.1) is 16.0 Å². The van der Waals surface area contributed by atoms with Gasteiger partial charge < -0.3 is 9.84 Å². The first-order valence-electron chi connectivity index (χ1n) is 9.68. The average molecular weight is 394 g/mol. The number of ether oxygens (including phenoxy) is 1. The first-order chi connectivity index (χ1) is 13.9. The number of phenols is 1. The molecule has 0 aliphatic carbocycles. The van der Waals surface area contributed by atoms with Crippen LogP contribution in [0.2, 0.25) is 0 Å². The molecule has 4 rings (SSSR count). The molecule has 0 saturated carbocycles. The van der Waals surface area contributed by atoms with Crippen LogP contribution in [0.5, 0.6) is 11.5 Å². The van der Waals surface area contributed by atoms with Crippen LogP contribution in [0.3, 0.4) is 0 Å². The number of hydrogen-bond donors (Lipinski definition) is 1. The first kappa shape index (κ1) is 19.1. The summed E-state index contributed by atoms with van der Waals surface area (Å²) in [6.45, 7) is 4.60. The van der Waals surface area contributed by atoms with Crippen molar-refractivity contribution in [3.63, 3.8) is 0 Å². The number of phenolic OH excluding ortho intramolecular Hbond substituents is 1. The van der Waals surface area contributed by atoms with Crippen molar-refractivity contribution in [3.8, 4) is 11.5 Å². The lowest BCUT2D eigenvalue weighted by Gasteiger charge is -2.31. The van der Waals surface area contributed by atoms with Gasteiger partial charge in [-0.25, -0.2) is 0 Å². The monoisotopic (exact) mass is 394 g/mol. The SMILES string of the molecule is CC1CCCN(Cc2c(O)ccc3c2OC(=Cc2cccc([N+](=O)[O-])c2)C3=O)C1. The van der Waals surface area contributed by atoms with Crippen molar-refractivity contribution in [1.82, 2.24) is 4.90 Å². The molecule has 2 heterocycles. The van der Waals surface area contributed by atoms with Gasteiger partial charge in [-0.05, 0) is 49.1 Å². The third kappa shape index (κ3) is 3.86. The van der Waals surface area contributed by atoms with E-state index >= 15 is 0 Å². The van der Waals surface area contributed by atoms with Crippen molar-refractivity contribution >= 4 is 17.5 Å². The number of rotatable bonds is 4. The highest BCUT2D eigenvalue weighted by Crippen LogP contribution is 2.40. The molecule has 0 spiro atoms. The molecule has 1 saturated heterocycles. The minimum atomic E-state index is -0.482. The molecule has 0 amide bonds. The molecule has 2 aliphatic rings. The van der Waals surface area contributed by atoms with E-state index in [4.69, 9.17) is 4.74 Å². The molecule has 0 aromatic heterocycles. The molecule has 150 valence electrons. The molecule has 7 heteroatoms. The minimum absolute atomic E-state index is 0.0557. The summed E-state index contributed by atoms with van der Waals surface area (Å²) >= 11 is 0. The van der Waals surface area contributed by atoms with Crippen molar-refractivity contribution in [1.29, 1.82) is 0 Å². The molecule has 1 atom stereocenters. The van der Waals surface area contributed by atoms with Crippen LogP contribution in [0.1, 0.15) is 41.3 Å². The highest BCUT2D eigenvalue weighted by atomic mass is 16.6. The molecule has 2 aromatic rings. The van der Waals surface area contributed by atoms with E-state index in [-0.39, 0.29) is 23.0 Å². The van der Waals surface area contributed by atoms with Gasteiger partial charge in [0, 0.05) is 25.2 Å². The Bertz CT molecular complexity index is 1010. The van der Waals surface area contributed by atoms with E-state index in [9.17, 15) is 20.0 Å². The molecule has 2 aromatic carbocycles. The maximum absolute atomic E-state index is 12.8. The number of nitro groups is 1. The summed E-state index contributed by atoms with van der Waals surface area (Å²) in [5, 5.41) is 21.4. The number of carbonyl (C=O) groups excluding carboxylic acids is 1. The lowest BCUT2D eigenvalue weighted by atomic mass is 9.99. The van der Waals surface area contributed by atoms with E-state index < -0.39 is 4.92 Å². The van der Waals surface area contributed by atoms with Gasteiger partial charge in [-0.15, -0.1) is 0 Å². The Balaban J connectivity index is 1.64. The van der Waals surface area contributed by atoms with Gasteiger partial charge in [-0.1, -0.05) is 19.1 Å². The average Bonchev–Trinajstić information content (AvgIpc) is 3.00. The van der Waals surface area contributed by atoms with Crippen LogP contribution in [0.4, 0.5) is 5.69 Å². The molecule has 0 bridgehead atoms. The molecular formula is C22H22N2O5. The molecule has 29 heavy (non-hydrogen) atoms. The van der Waals surface area contributed by atoms with Crippen LogP contribution < -0.4 is 4.74 Å². The van der Waals surface area contributed by atoms with E-state index in [2.05, 4.69) is 11.8 Å². The van der Waals surface area contributed by atoms with Crippen LogP contribution in [-0.4, -0.2) is 33.8 Å². The van der Waals surface area contributed by atoms with E-state index in [0.717, 1.165) is 19.5 Å². The molecule has 1 fully saturated rings. The zero-order chi connectivity index (χ0) is 20.5. The van der Waals surface area contributed by atoms with Gasteiger partial charge in [0.25, 0.3) is 5.69 Å². The first-order valence-corrected chi connectivity index (χ1v) is 9.68. The summed E-state index contributed by atoms with van der Waals surface area (Å²) in [7, 11) is 0. The van der Waals surface area contributed by atoms with Gasteiger partial charge in [0.05, 0.1) is 16.1 Å². The lowest BCUT2D eigenvalue weighted by Crippen LogP contribution is -2.33. The number of allylic oxidation sites excluding steroid dienone is 1. The second kappa shape index (κ2) is 7.67. The minimum Gasteiger partial charge on any atom is -0.507 e. The smallest absolute Gasteiger partial charge is 0.270 e. The maximum Gasteiger partial charge on any atom is 0.270 e. The topological polar surface area (TPSA) is 92.9 Å². The zero-order valence-corrected chi connectivity index (χ0v) is 16.1. The third-order valence-electron chi connectivity index (χ3n) is 5.42. The molecule has 1 unspecified atom stereocenters. The van der Waals surface area contributed by atoms with E-state index in [1.54, 1.807) is 18.2 Å². The normalized spacial score (nSPS) is 20.5. The van der Waals surface area contributed by atoms with Crippen molar-refractivity contribution in [2.45, 2.75) is 26.3 Å². The highest BCUT2D eigenvalue weighted by molar-refractivity contribution is 6.15. The summed E-state index contributed by atoms with van der Waals surface area (Å²) in [6, 6.07) is 9.10.